The quantitative estimate of drug-likeness (QED) is 0.810. The van der Waals surface area contributed by atoms with Gasteiger partial charge in [-0.3, -0.25) is 4.79 Å². The summed E-state index contributed by atoms with van der Waals surface area (Å²) in [5.74, 6) is -1.23. The van der Waals surface area contributed by atoms with Crippen molar-refractivity contribution in [3.8, 4) is 11.5 Å². The van der Waals surface area contributed by atoms with Crippen LogP contribution in [0.25, 0.3) is 0 Å². The van der Waals surface area contributed by atoms with E-state index >= 15 is 0 Å². The maximum absolute atomic E-state index is 12.3. The molecule has 1 heterocycles. The number of ether oxygens (including phenoxy) is 1. The summed E-state index contributed by atoms with van der Waals surface area (Å²) in [5, 5.41) is 12.5. The summed E-state index contributed by atoms with van der Waals surface area (Å²) in [6.45, 7) is 1.68. The van der Waals surface area contributed by atoms with Crippen molar-refractivity contribution in [2.24, 2.45) is 0 Å². The number of rotatable bonds is 1. The van der Waals surface area contributed by atoms with Gasteiger partial charge >= 0.3 is 5.97 Å². The Hall–Kier alpha value is -2.24. The van der Waals surface area contributed by atoms with Gasteiger partial charge in [0, 0.05) is 15.6 Å². The molecular formula is C15H9Cl2NO4. The van der Waals surface area contributed by atoms with E-state index < -0.39 is 11.9 Å². The van der Waals surface area contributed by atoms with Gasteiger partial charge < -0.3 is 15.2 Å². The summed E-state index contributed by atoms with van der Waals surface area (Å²) in [6.07, 6.45) is 0. The highest BCUT2D eigenvalue weighted by atomic mass is 35.5. The maximum atomic E-state index is 12.3. The Bertz CT molecular complexity index is 833. The molecule has 0 saturated carbocycles. The van der Waals surface area contributed by atoms with Gasteiger partial charge in [0.2, 0.25) is 0 Å². The summed E-state index contributed by atoms with van der Waals surface area (Å²) in [6, 6.07) is 5.87. The average Bonchev–Trinajstić information content (AvgIpc) is 2.60. The van der Waals surface area contributed by atoms with Crippen LogP contribution in [0.2, 0.25) is 10.0 Å². The lowest BCUT2D eigenvalue weighted by Crippen LogP contribution is -2.13. The molecule has 2 N–H and O–H groups in total. The van der Waals surface area contributed by atoms with Crippen molar-refractivity contribution >= 4 is 40.8 Å². The number of fused-ring (bicyclic) bond motifs is 2. The highest BCUT2D eigenvalue weighted by Gasteiger charge is 2.28. The minimum atomic E-state index is -1.22. The summed E-state index contributed by atoms with van der Waals surface area (Å²) < 4.78 is 5.74. The van der Waals surface area contributed by atoms with Crippen LogP contribution in [0.4, 0.5) is 5.69 Å². The van der Waals surface area contributed by atoms with Crippen LogP contribution >= 0.6 is 23.2 Å². The van der Waals surface area contributed by atoms with E-state index in [1.165, 1.54) is 12.1 Å². The fourth-order valence-electron chi connectivity index (χ4n) is 2.21. The molecule has 0 aliphatic carbocycles. The third kappa shape index (κ3) is 2.28. The van der Waals surface area contributed by atoms with Crippen LogP contribution < -0.4 is 10.1 Å². The average molecular weight is 338 g/mol. The lowest BCUT2D eigenvalue weighted by atomic mass is 10.1. The molecule has 0 atom stereocenters. The Labute approximate surface area is 135 Å². The standard InChI is InChI=1S/C15H9Cl2NO4/c1-6-10(17)5-9(15(20)21)12-13(6)22-11-3-2-7(16)4-8(11)14(19)18-12/h2-5H,1H3,(H,18,19)(H,20,21). The molecule has 1 aliphatic rings. The number of hydrogen-bond acceptors (Lipinski definition) is 3. The summed E-state index contributed by atoms with van der Waals surface area (Å²) >= 11 is 12.0. The molecule has 3 rings (SSSR count). The third-order valence-corrected chi connectivity index (χ3v) is 3.96. The number of benzene rings is 2. The van der Waals surface area contributed by atoms with Gasteiger partial charge in [0.05, 0.1) is 16.8 Å². The van der Waals surface area contributed by atoms with Crippen LogP contribution in [0.3, 0.4) is 0 Å². The number of aromatic carboxylic acids is 1. The molecule has 7 heteroatoms. The van der Waals surface area contributed by atoms with Gasteiger partial charge in [0.25, 0.3) is 5.91 Å². The van der Waals surface area contributed by atoms with Gasteiger partial charge in [0.15, 0.2) is 5.75 Å². The second-order valence-corrected chi connectivity index (χ2v) is 5.58. The van der Waals surface area contributed by atoms with E-state index in [4.69, 9.17) is 27.9 Å². The van der Waals surface area contributed by atoms with Crippen molar-refractivity contribution in [3.05, 3.63) is 51.0 Å². The number of carbonyl (C=O) groups excluding carboxylic acids is 1. The van der Waals surface area contributed by atoms with Crippen molar-refractivity contribution in [1.82, 2.24) is 0 Å². The maximum Gasteiger partial charge on any atom is 0.338 e. The predicted octanol–water partition coefficient (Wildman–Crippen LogP) is 4.36. The van der Waals surface area contributed by atoms with E-state index in [2.05, 4.69) is 5.32 Å². The topological polar surface area (TPSA) is 75.6 Å². The van der Waals surface area contributed by atoms with E-state index in [-0.39, 0.29) is 33.3 Å². The highest BCUT2D eigenvalue weighted by Crippen LogP contribution is 2.43. The Kier molecular flexibility index (Phi) is 3.47. The molecular weight excluding hydrogens is 329 g/mol. The molecule has 22 heavy (non-hydrogen) atoms. The van der Waals surface area contributed by atoms with E-state index in [1.54, 1.807) is 19.1 Å². The van der Waals surface area contributed by atoms with E-state index in [9.17, 15) is 14.7 Å². The minimum absolute atomic E-state index is 0.0757. The number of hydrogen-bond donors (Lipinski definition) is 2. The number of halogens is 2. The van der Waals surface area contributed by atoms with Gasteiger partial charge in [-0.05, 0) is 31.2 Å². The van der Waals surface area contributed by atoms with Crippen LogP contribution in [0.5, 0.6) is 11.5 Å². The molecule has 0 saturated heterocycles. The fourth-order valence-corrected chi connectivity index (χ4v) is 2.57. The molecule has 1 amide bonds. The van der Waals surface area contributed by atoms with Gasteiger partial charge in [0.1, 0.15) is 5.75 Å². The molecule has 5 nitrogen and oxygen atoms in total. The van der Waals surface area contributed by atoms with Crippen molar-refractivity contribution in [3.63, 3.8) is 0 Å². The Balaban J connectivity index is 2.29. The number of amides is 1. The van der Waals surface area contributed by atoms with Crippen molar-refractivity contribution < 1.29 is 19.4 Å². The molecule has 2 aromatic carbocycles. The third-order valence-electron chi connectivity index (χ3n) is 3.33. The number of nitrogens with one attached hydrogen (secondary N) is 1. The van der Waals surface area contributed by atoms with Crippen molar-refractivity contribution in [2.45, 2.75) is 6.92 Å². The van der Waals surface area contributed by atoms with E-state index in [1.807, 2.05) is 0 Å². The number of carboxylic acids is 1. The second-order valence-electron chi connectivity index (χ2n) is 4.74. The zero-order valence-electron chi connectivity index (χ0n) is 11.2. The molecule has 0 radical (unpaired) electrons. The molecule has 0 aromatic heterocycles. The number of carbonyl (C=O) groups is 2. The van der Waals surface area contributed by atoms with Gasteiger partial charge in [-0.1, -0.05) is 23.2 Å². The molecule has 2 aromatic rings. The van der Waals surface area contributed by atoms with Crippen LogP contribution in [-0.4, -0.2) is 17.0 Å². The normalized spacial score (nSPS) is 12.6. The van der Waals surface area contributed by atoms with Crippen LogP contribution in [0.15, 0.2) is 24.3 Å². The zero-order valence-corrected chi connectivity index (χ0v) is 12.7. The Morgan fingerprint density at radius 3 is 2.68 bits per heavy atom. The molecule has 0 spiro atoms. The second kappa shape index (κ2) is 5.19. The lowest BCUT2D eigenvalue weighted by Gasteiger charge is -2.14. The SMILES string of the molecule is Cc1c(Cl)cc(C(=O)O)c2c1Oc1ccc(Cl)cc1C(=O)N2. The monoisotopic (exact) mass is 337 g/mol. The van der Waals surface area contributed by atoms with E-state index in [0.29, 0.717) is 10.6 Å². The van der Waals surface area contributed by atoms with Crippen LogP contribution in [-0.2, 0) is 0 Å². The Morgan fingerprint density at radius 1 is 1.27 bits per heavy atom. The predicted molar refractivity (Wildman–Crippen MR) is 82.6 cm³/mol. The van der Waals surface area contributed by atoms with Crippen LogP contribution in [0.1, 0.15) is 26.3 Å². The first kappa shape index (κ1) is 14.7. The van der Waals surface area contributed by atoms with Crippen LogP contribution in [0, 0.1) is 6.92 Å². The fraction of sp³-hybridized carbons (Fsp3) is 0.0667. The van der Waals surface area contributed by atoms with Gasteiger partial charge in [-0.25, -0.2) is 4.79 Å². The first-order valence-electron chi connectivity index (χ1n) is 6.23. The molecule has 0 bridgehead atoms. The highest BCUT2D eigenvalue weighted by molar-refractivity contribution is 6.32. The minimum Gasteiger partial charge on any atom is -0.478 e. The molecule has 1 aliphatic heterocycles. The molecule has 0 fully saturated rings. The number of carboxylic acid groups (broad SMARTS) is 1. The molecule has 112 valence electrons. The van der Waals surface area contributed by atoms with E-state index in [0.717, 1.165) is 0 Å². The summed E-state index contributed by atoms with van der Waals surface area (Å²) in [7, 11) is 0. The summed E-state index contributed by atoms with van der Waals surface area (Å²) in [4.78, 5) is 23.7. The molecule has 0 unspecified atom stereocenters. The van der Waals surface area contributed by atoms with Crippen molar-refractivity contribution in [1.29, 1.82) is 0 Å². The van der Waals surface area contributed by atoms with Gasteiger partial charge in [-0.2, -0.15) is 0 Å². The van der Waals surface area contributed by atoms with Gasteiger partial charge in [-0.15, -0.1) is 0 Å². The first-order valence-corrected chi connectivity index (χ1v) is 6.99. The largest absolute Gasteiger partial charge is 0.478 e. The Morgan fingerprint density at radius 2 is 2.00 bits per heavy atom. The van der Waals surface area contributed by atoms with Crippen molar-refractivity contribution in [2.75, 3.05) is 5.32 Å². The summed E-state index contributed by atoms with van der Waals surface area (Å²) in [5.41, 5.74) is 0.685. The number of anilines is 1. The smallest absolute Gasteiger partial charge is 0.338 e. The first-order chi connectivity index (χ1) is 10.4. The lowest BCUT2D eigenvalue weighted by molar-refractivity contribution is 0.0697. The zero-order chi connectivity index (χ0) is 16.0.